The third-order valence-electron chi connectivity index (χ3n) is 3.07. The molecule has 2 nitrogen and oxygen atoms in total. The van der Waals surface area contributed by atoms with E-state index >= 15 is 0 Å². The van der Waals surface area contributed by atoms with Crippen molar-refractivity contribution in [3.63, 3.8) is 0 Å². The average molecular weight is 226 g/mol. The summed E-state index contributed by atoms with van der Waals surface area (Å²) >= 11 is 6.08. The van der Waals surface area contributed by atoms with E-state index in [1.165, 1.54) is 5.56 Å². The Labute approximate surface area is 95.4 Å². The van der Waals surface area contributed by atoms with E-state index in [1.54, 1.807) is 7.11 Å². The maximum atomic E-state index is 6.12. The largest absolute Gasteiger partial charge is 0.495 e. The van der Waals surface area contributed by atoms with Gasteiger partial charge in [0, 0.05) is 11.1 Å². The molecule has 1 aliphatic carbocycles. The van der Waals surface area contributed by atoms with Crippen molar-refractivity contribution in [3.05, 3.63) is 28.3 Å². The molecule has 0 aromatic heterocycles. The summed E-state index contributed by atoms with van der Waals surface area (Å²) in [6, 6.07) is 3.89. The number of aryl methyl sites for hydroxylation is 1. The summed E-state index contributed by atoms with van der Waals surface area (Å²) in [6.45, 7) is 2.07. The van der Waals surface area contributed by atoms with Crippen LogP contribution in [0.2, 0.25) is 5.02 Å². The standard InChI is InChI=1S/C12H16ClNO/c1-8-3-4-10(13)11(15-2)9(8)7-12(14)5-6-12/h3-4H,5-7,14H2,1-2H3. The fourth-order valence-electron chi connectivity index (χ4n) is 1.83. The lowest BCUT2D eigenvalue weighted by Gasteiger charge is -2.16. The van der Waals surface area contributed by atoms with Crippen molar-refractivity contribution >= 4 is 11.6 Å². The van der Waals surface area contributed by atoms with Crippen LogP contribution in [0.25, 0.3) is 0 Å². The minimum Gasteiger partial charge on any atom is -0.495 e. The number of rotatable bonds is 3. The zero-order valence-electron chi connectivity index (χ0n) is 9.14. The lowest BCUT2D eigenvalue weighted by atomic mass is 9.99. The van der Waals surface area contributed by atoms with E-state index in [9.17, 15) is 0 Å². The molecule has 3 heteroatoms. The van der Waals surface area contributed by atoms with E-state index in [0.717, 1.165) is 30.6 Å². The molecule has 1 aromatic carbocycles. The molecule has 0 saturated heterocycles. The van der Waals surface area contributed by atoms with E-state index in [0.29, 0.717) is 5.02 Å². The third kappa shape index (κ3) is 2.11. The van der Waals surface area contributed by atoms with Crippen LogP contribution in [0.5, 0.6) is 5.75 Å². The Hall–Kier alpha value is -0.730. The van der Waals surface area contributed by atoms with Gasteiger partial charge in [0.15, 0.2) is 0 Å². The molecule has 0 bridgehead atoms. The molecule has 1 saturated carbocycles. The molecule has 1 aliphatic rings. The molecular formula is C12H16ClNO. The van der Waals surface area contributed by atoms with E-state index in [1.807, 2.05) is 12.1 Å². The second kappa shape index (κ2) is 3.69. The zero-order valence-corrected chi connectivity index (χ0v) is 9.90. The van der Waals surface area contributed by atoms with Gasteiger partial charge in [-0.05, 0) is 37.8 Å². The highest BCUT2D eigenvalue weighted by atomic mass is 35.5. The van der Waals surface area contributed by atoms with Crippen LogP contribution in [0.1, 0.15) is 24.0 Å². The van der Waals surface area contributed by atoms with Gasteiger partial charge in [-0.15, -0.1) is 0 Å². The summed E-state index contributed by atoms with van der Waals surface area (Å²) in [4.78, 5) is 0. The Kier molecular flexibility index (Phi) is 2.65. The van der Waals surface area contributed by atoms with Crippen molar-refractivity contribution in [2.45, 2.75) is 31.7 Å². The van der Waals surface area contributed by atoms with Gasteiger partial charge in [-0.2, -0.15) is 0 Å². The Morgan fingerprint density at radius 2 is 2.13 bits per heavy atom. The quantitative estimate of drug-likeness (QED) is 0.859. The lowest BCUT2D eigenvalue weighted by molar-refractivity contribution is 0.407. The number of hydrogen-bond acceptors (Lipinski definition) is 2. The van der Waals surface area contributed by atoms with Gasteiger partial charge in [-0.3, -0.25) is 0 Å². The second-order valence-electron chi connectivity index (χ2n) is 4.42. The molecule has 1 aromatic rings. The number of nitrogens with two attached hydrogens (primary N) is 1. The van der Waals surface area contributed by atoms with Crippen molar-refractivity contribution in [2.24, 2.45) is 5.73 Å². The van der Waals surface area contributed by atoms with E-state index in [4.69, 9.17) is 22.1 Å². The van der Waals surface area contributed by atoms with Gasteiger partial charge in [0.2, 0.25) is 0 Å². The van der Waals surface area contributed by atoms with E-state index in [2.05, 4.69) is 6.92 Å². The predicted octanol–water partition coefficient (Wildman–Crippen LogP) is 2.69. The van der Waals surface area contributed by atoms with Crippen LogP contribution in [0.4, 0.5) is 0 Å². The number of hydrogen-bond donors (Lipinski definition) is 1. The van der Waals surface area contributed by atoms with Gasteiger partial charge in [0.1, 0.15) is 5.75 Å². The summed E-state index contributed by atoms with van der Waals surface area (Å²) in [7, 11) is 1.65. The second-order valence-corrected chi connectivity index (χ2v) is 4.82. The van der Waals surface area contributed by atoms with Crippen LogP contribution in [0.15, 0.2) is 12.1 Å². The minimum atomic E-state index is -0.0112. The van der Waals surface area contributed by atoms with E-state index < -0.39 is 0 Å². The van der Waals surface area contributed by atoms with E-state index in [-0.39, 0.29) is 5.54 Å². The maximum absolute atomic E-state index is 6.12. The zero-order chi connectivity index (χ0) is 11.1. The summed E-state index contributed by atoms with van der Waals surface area (Å²) in [6.07, 6.45) is 3.06. The first kappa shape index (κ1) is 10.8. The van der Waals surface area contributed by atoms with Gasteiger partial charge in [0.25, 0.3) is 0 Å². The highest BCUT2D eigenvalue weighted by Gasteiger charge is 2.39. The smallest absolute Gasteiger partial charge is 0.140 e. The van der Waals surface area contributed by atoms with Gasteiger partial charge in [-0.25, -0.2) is 0 Å². The van der Waals surface area contributed by atoms with Crippen LogP contribution in [-0.2, 0) is 6.42 Å². The topological polar surface area (TPSA) is 35.2 Å². The highest BCUT2D eigenvalue weighted by Crippen LogP contribution is 2.40. The maximum Gasteiger partial charge on any atom is 0.140 e. The summed E-state index contributed by atoms with van der Waals surface area (Å²) in [5, 5.41) is 0.669. The normalized spacial score (nSPS) is 17.6. The molecule has 2 rings (SSSR count). The van der Waals surface area contributed by atoms with Gasteiger partial charge in [0.05, 0.1) is 12.1 Å². The van der Waals surface area contributed by atoms with Crippen molar-refractivity contribution in [1.82, 2.24) is 0 Å². The summed E-state index contributed by atoms with van der Waals surface area (Å²) in [5.74, 6) is 0.786. The molecule has 0 heterocycles. The molecule has 0 atom stereocenters. The molecule has 0 spiro atoms. The SMILES string of the molecule is COc1c(Cl)ccc(C)c1CC1(N)CC1. The average Bonchev–Trinajstić information content (AvgIpc) is 2.91. The van der Waals surface area contributed by atoms with Crippen LogP contribution in [-0.4, -0.2) is 12.6 Å². The van der Waals surface area contributed by atoms with Gasteiger partial charge in [-0.1, -0.05) is 17.7 Å². The Bertz CT molecular complexity index is 385. The van der Waals surface area contributed by atoms with Crippen LogP contribution in [0, 0.1) is 6.92 Å². The van der Waals surface area contributed by atoms with Gasteiger partial charge >= 0.3 is 0 Å². The first-order chi connectivity index (χ1) is 7.06. The fraction of sp³-hybridized carbons (Fsp3) is 0.500. The Morgan fingerprint density at radius 3 is 2.67 bits per heavy atom. The van der Waals surface area contributed by atoms with Crippen LogP contribution in [0.3, 0.4) is 0 Å². The number of methoxy groups -OCH3 is 1. The van der Waals surface area contributed by atoms with Crippen LogP contribution < -0.4 is 10.5 Å². The molecule has 0 unspecified atom stereocenters. The molecule has 82 valence electrons. The number of benzene rings is 1. The fourth-order valence-corrected chi connectivity index (χ4v) is 2.08. The van der Waals surface area contributed by atoms with Crippen molar-refractivity contribution in [1.29, 1.82) is 0 Å². The summed E-state index contributed by atoms with van der Waals surface area (Å²) < 4.78 is 5.34. The molecule has 0 amide bonds. The predicted molar refractivity (Wildman–Crippen MR) is 62.6 cm³/mol. The Morgan fingerprint density at radius 1 is 1.47 bits per heavy atom. The number of ether oxygens (including phenoxy) is 1. The first-order valence-electron chi connectivity index (χ1n) is 5.16. The molecule has 0 radical (unpaired) electrons. The molecule has 15 heavy (non-hydrogen) atoms. The number of halogens is 1. The first-order valence-corrected chi connectivity index (χ1v) is 5.54. The van der Waals surface area contributed by atoms with Crippen molar-refractivity contribution in [3.8, 4) is 5.75 Å². The lowest BCUT2D eigenvalue weighted by Crippen LogP contribution is -2.25. The van der Waals surface area contributed by atoms with Crippen LogP contribution >= 0.6 is 11.6 Å². The third-order valence-corrected chi connectivity index (χ3v) is 3.37. The minimum absolute atomic E-state index is 0.0112. The monoisotopic (exact) mass is 225 g/mol. The molecule has 0 aliphatic heterocycles. The van der Waals surface area contributed by atoms with Crippen molar-refractivity contribution in [2.75, 3.05) is 7.11 Å². The highest BCUT2D eigenvalue weighted by molar-refractivity contribution is 6.32. The Balaban J connectivity index is 2.38. The molecule has 1 fully saturated rings. The molecule has 2 N–H and O–H groups in total. The summed E-state index contributed by atoms with van der Waals surface area (Å²) in [5.41, 5.74) is 8.47. The van der Waals surface area contributed by atoms with Gasteiger partial charge < -0.3 is 10.5 Å². The van der Waals surface area contributed by atoms with Crippen molar-refractivity contribution < 1.29 is 4.74 Å². The molecular weight excluding hydrogens is 210 g/mol.